The first-order chi connectivity index (χ1) is 24.4. The minimum atomic E-state index is -1.56. The highest BCUT2D eigenvalue weighted by atomic mass is 35.5. The highest BCUT2D eigenvalue weighted by Crippen LogP contribution is 2.44. The Morgan fingerprint density at radius 1 is 0.920 bits per heavy atom. The number of carbonyl (C=O) groups excluding carboxylic acids is 1. The zero-order valence-electron chi connectivity index (χ0n) is 27.0. The minimum Gasteiger partial charge on any atom is -0.494 e. The van der Waals surface area contributed by atoms with Crippen LogP contribution in [0.3, 0.4) is 0 Å². The zero-order valence-corrected chi connectivity index (χ0v) is 28.5. The predicted molar refractivity (Wildman–Crippen MR) is 192 cm³/mol. The summed E-state index contributed by atoms with van der Waals surface area (Å²) in [5.41, 5.74) is 20.9. The largest absolute Gasteiger partial charge is 0.494 e. The molecule has 0 fully saturated rings. The summed E-state index contributed by atoms with van der Waals surface area (Å²) < 4.78 is 12.4. The summed E-state index contributed by atoms with van der Waals surface area (Å²) in [6, 6.07) is 27.1. The normalized spacial score (nSPS) is 16.4. The molecular weight excluding hydrogens is 679 g/mol. The lowest BCUT2D eigenvalue weighted by Gasteiger charge is -2.32. The fourth-order valence-electron chi connectivity index (χ4n) is 5.77. The van der Waals surface area contributed by atoms with Gasteiger partial charge in [-0.15, -0.1) is 0 Å². The number of benzene rings is 4. The molecule has 4 aromatic carbocycles. The van der Waals surface area contributed by atoms with Crippen LogP contribution in [0, 0.1) is 0 Å². The van der Waals surface area contributed by atoms with Crippen LogP contribution in [0.4, 0.5) is 0 Å². The Labute approximate surface area is 298 Å². The van der Waals surface area contributed by atoms with Crippen molar-refractivity contribution in [3.63, 3.8) is 0 Å². The van der Waals surface area contributed by atoms with Gasteiger partial charge in [-0.05, 0) is 81.7 Å². The maximum Gasteiger partial charge on any atom is 0.252 e. The molecule has 1 aliphatic rings. The number of nitrogens with one attached hydrogen (secondary N) is 1. The van der Waals surface area contributed by atoms with Crippen molar-refractivity contribution >= 4 is 35.0 Å². The van der Waals surface area contributed by atoms with Gasteiger partial charge in [0, 0.05) is 51.4 Å². The number of aliphatic hydroxyl groups is 1. The average Bonchev–Trinajstić information content (AvgIpc) is 3.52. The number of carbonyl (C=O) groups is 1. The number of nitrogens with zero attached hydrogens (tertiary/aromatic N) is 7. The van der Waals surface area contributed by atoms with Crippen molar-refractivity contribution in [3.05, 3.63) is 155 Å². The highest BCUT2D eigenvalue weighted by Gasteiger charge is 2.54. The van der Waals surface area contributed by atoms with E-state index >= 15 is 0 Å². The Kier molecular flexibility index (Phi) is 12.6. The van der Waals surface area contributed by atoms with Crippen LogP contribution in [0.5, 0.6) is 5.75 Å². The molecule has 0 saturated heterocycles. The number of hydrogen-bond acceptors (Lipinski definition) is 7. The highest BCUT2D eigenvalue weighted by molar-refractivity contribution is 6.35. The second-order valence-corrected chi connectivity index (χ2v) is 12.3. The molecule has 1 amide bonds. The van der Waals surface area contributed by atoms with Crippen LogP contribution in [0.1, 0.15) is 45.9 Å². The summed E-state index contributed by atoms with van der Waals surface area (Å²) in [5, 5.41) is 20.8. The first kappa shape index (κ1) is 36.1. The van der Waals surface area contributed by atoms with Crippen molar-refractivity contribution < 1.29 is 19.4 Å². The molecule has 50 heavy (non-hydrogen) atoms. The summed E-state index contributed by atoms with van der Waals surface area (Å²) in [4.78, 5) is 25.7. The van der Waals surface area contributed by atoms with E-state index in [0.29, 0.717) is 51.9 Å². The van der Waals surface area contributed by atoms with Crippen LogP contribution in [0.25, 0.3) is 20.9 Å². The van der Waals surface area contributed by atoms with Crippen molar-refractivity contribution in [1.82, 2.24) is 5.32 Å². The minimum absolute atomic E-state index is 0.0220. The average molecular weight is 714 g/mol. The molecule has 0 spiro atoms. The Morgan fingerprint density at radius 3 is 2.30 bits per heavy atom. The van der Waals surface area contributed by atoms with E-state index < -0.39 is 17.6 Å². The number of amides is 1. The Hall–Kier alpha value is -5.22. The summed E-state index contributed by atoms with van der Waals surface area (Å²) in [6.07, 6.45) is 0.0647. The van der Waals surface area contributed by atoms with E-state index in [1.54, 1.807) is 36.4 Å². The van der Waals surface area contributed by atoms with E-state index in [4.69, 9.17) is 53.8 Å². The lowest BCUT2D eigenvalue weighted by atomic mass is 9.79. The third-order valence-corrected chi connectivity index (χ3v) is 8.84. The molecular formula is C36H34Cl2N8O4. The third kappa shape index (κ3) is 8.67. The molecule has 1 aliphatic heterocycles. The Morgan fingerprint density at radius 2 is 1.60 bits per heavy atom. The molecule has 5 rings (SSSR count). The fourth-order valence-corrected chi connectivity index (χ4v) is 6.27. The number of aliphatic imine (C=N–C) groups is 1. The van der Waals surface area contributed by atoms with Gasteiger partial charge in [-0.2, -0.15) is 0 Å². The van der Waals surface area contributed by atoms with E-state index in [-0.39, 0.29) is 38.6 Å². The molecule has 0 radical (unpaired) electrons. The standard InChI is InChI=1S/C36H34Cl2N8O4/c37-29-13-10-24(32(38)20-29)16-17-41-35(48)36(21-26-6-1-2-7-27(26)22-42-45-39)33(31-9-4-3-8-28(31)23-43-46-40)50-34(44-36)25-11-14-30(15-12-25)49-19-5-18-47/h1-4,6-15,20,33,47H,5,16-19,21-23H2,(H,41,48)/t33-,36-/m1/s1. The van der Waals surface area contributed by atoms with E-state index in [1.165, 1.54) is 0 Å². The van der Waals surface area contributed by atoms with Gasteiger partial charge >= 0.3 is 0 Å². The first-order valence-electron chi connectivity index (χ1n) is 15.9. The second kappa shape index (κ2) is 17.4. The molecule has 0 aliphatic carbocycles. The maximum atomic E-state index is 14.8. The SMILES string of the molecule is [N-]=[N+]=NCc1ccccc1C[C@@]1(C(=O)NCCc2ccc(Cl)cc2Cl)N=C(c2ccc(OCCCO)cc2)O[C@@H]1c1ccccc1CN=[N+]=[N-]. The van der Waals surface area contributed by atoms with Crippen LogP contribution in [-0.2, 0) is 35.5 Å². The lowest BCUT2D eigenvalue weighted by Crippen LogP contribution is -2.50. The van der Waals surface area contributed by atoms with Crippen molar-refractivity contribution in [2.24, 2.45) is 15.2 Å². The maximum absolute atomic E-state index is 14.8. The van der Waals surface area contributed by atoms with E-state index in [1.807, 2.05) is 54.6 Å². The Balaban J connectivity index is 1.61. The molecule has 12 nitrogen and oxygen atoms in total. The van der Waals surface area contributed by atoms with Gasteiger partial charge < -0.3 is 19.9 Å². The molecule has 0 unspecified atom stereocenters. The molecule has 0 bridgehead atoms. The fraction of sp³-hybridized carbons (Fsp3) is 0.278. The predicted octanol–water partition coefficient (Wildman–Crippen LogP) is 8.23. The van der Waals surface area contributed by atoms with E-state index in [2.05, 4.69) is 25.4 Å². The van der Waals surface area contributed by atoms with Crippen molar-refractivity contribution in [2.75, 3.05) is 19.8 Å². The third-order valence-electron chi connectivity index (χ3n) is 8.25. The van der Waals surface area contributed by atoms with Crippen LogP contribution >= 0.6 is 23.2 Å². The number of ether oxygens (including phenoxy) is 2. The number of aliphatic hydroxyl groups excluding tert-OH is 1. The van der Waals surface area contributed by atoms with Gasteiger partial charge in [0.2, 0.25) is 5.90 Å². The Bertz CT molecular complexity index is 1940. The number of halogens is 2. The molecule has 2 atom stereocenters. The van der Waals surface area contributed by atoms with Gasteiger partial charge in [-0.1, -0.05) is 88.0 Å². The van der Waals surface area contributed by atoms with Gasteiger partial charge in [0.05, 0.1) is 19.7 Å². The molecule has 4 aromatic rings. The van der Waals surface area contributed by atoms with E-state index in [0.717, 1.165) is 16.7 Å². The first-order valence-corrected chi connectivity index (χ1v) is 16.6. The topological polar surface area (TPSA) is 178 Å². The molecule has 2 N–H and O–H groups in total. The molecule has 0 aromatic heterocycles. The van der Waals surface area contributed by atoms with Gasteiger partial charge in [0.25, 0.3) is 5.91 Å². The van der Waals surface area contributed by atoms with Crippen molar-refractivity contribution in [2.45, 2.75) is 44.0 Å². The quantitative estimate of drug-likeness (QED) is 0.0515. The number of azide groups is 2. The van der Waals surface area contributed by atoms with Crippen LogP contribution in [-0.4, -0.2) is 42.2 Å². The monoisotopic (exact) mass is 712 g/mol. The van der Waals surface area contributed by atoms with Crippen molar-refractivity contribution in [1.29, 1.82) is 0 Å². The summed E-state index contributed by atoms with van der Waals surface area (Å²) in [6.45, 7) is 0.722. The van der Waals surface area contributed by atoms with Crippen LogP contribution in [0.2, 0.25) is 10.0 Å². The van der Waals surface area contributed by atoms with Gasteiger partial charge in [0.15, 0.2) is 11.6 Å². The smallest absolute Gasteiger partial charge is 0.252 e. The molecule has 256 valence electrons. The number of hydrogen-bond donors (Lipinski definition) is 2. The summed E-state index contributed by atoms with van der Waals surface area (Å²) in [7, 11) is 0. The second-order valence-electron chi connectivity index (χ2n) is 11.5. The zero-order chi connectivity index (χ0) is 35.3. The van der Waals surface area contributed by atoms with E-state index in [9.17, 15) is 4.79 Å². The van der Waals surface area contributed by atoms with Gasteiger partial charge in [0.1, 0.15) is 5.75 Å². The molecule has 0 saturated carbocycles. The van der Waals surface area contributed by atoms with Crippen LogP contribution in [0.15, 0.2) is 106 Å². The van der Waals surface area contributed by atoms with Crippen LogP contribution < -0.4 is 10.1 Å². The lowest BCUT2D eigenvalue weighted by molar-refractivity contribution is -0.128. The van der Waals surface area contributed by atoms with Crippen molar-refractivity contribution in [3.8, 4) is 5.75 Å². The molecule has 1 heterocycles. The number of rotatable bonds is 16. The molecule has 14 heteroatoms. The summed E-state index contributed by atoms with van der Waals surface area (Å²) >= 11 is 12.5. The summed E-state index contributed by atoms with van der Waals surface area (Å²) in [5.74, 6) is 0.441. The van der Waals surface area contributed by atoms with Gasteiger partial charge in [-0.25, -0.2) is 4.99 Å². The van der Waals surface area contributed by atoms with Gasteiger partial charge in [-0.3, -0.25) is 4.79 Å².